The highest BCUT2D eigenvalue weighted by Crippen LogP contribution is 2.37. The molecule has 1 aliphatic carbocycles. The Bertz CT molecular complexity index is 1760. The molecule has 1 aliphatic heterocycles. The topological polar surface area (TPSA) is 88.9 Å². The van der Waals surface area contributed by atoms with Crippen molar-refractivity contribution in [3.63, 3.8) is 0 Å². The number of carbonyl (C=O) groups excluding carboxylic acids is 2. The molecule has 0 bridgehead atoms. The molecule has 1 saturated heterocycles. The van der Waals surface area contributed by atoms with Crippen LogP contribution in [0.25, 0.3) is 11.0 Å². The number of rotatable bonds is 7. The van der Waals surface area contributed by atoms with Gasteiger partial charge in [0.15, 0.2) is 11.2 Å². The molecule has 3 aromatic carbocycles. The van der Waals surface area contributed by atoms with Gasteiger partial charge in [-0.2, -0.15) is 0 Å². The van der Waals surface area contributed by atoms with Crippen LogP contribution in [0.4, 0.5) is 0 Å². The minimum Gasteiger partial charge on any atom is -0.497 e. The van der Waals surface area contributed by atoms with Crippen LogP contribution in [0.1, 0.15) is 85.0 Å². The molecule has 2 aliphatic rings. The number of aryl methyl sites for hydroxylation is 1. The highest BCUT2D eigenvalue weighted by Gasteiger charge is 2.24. The highest BCUT2D eigenvalue weighted by molar-refractivity contribution is 6.30. The number of allylic oxidation sites excluding steroid dienone is 1. The molecule has 2 fully saturated rings. The van der Waals surface area contributed by atoms with E-state index >= 15 is 0 Å². The molecule has 2 heterocycles. The van der Waals surface area contributed by atoms with Gasteiger partial charge in [0.25, 0.3) is 5.91 Å². The molecule has 246 valence electrons. The van der Waals surface area contributed by atoms with Crippen molar-refractivity contribution in [1.82, 2.24) is 10.2 Å². The van der Waals surface area contributed by atoms with Gasteiger partial charge in [-0.1, -0.05) is 65.2 Å². The Labute approximate surface area is 281 Å². The van der Waals surface area contributed by atoms with Crippen molar-refractivity contribution in [2.24, 2.45) is 0 Å². The first-order chi connectivity index (χ1) is 22.7. The third-order valence-electron chi connectivity index (χ3n) is 8.92. The summed E-state index contributed by atoms with van der Waals surface area (Å²) in [6, 6.07) is 22.3. The van der Waals surface area contributed by atoms with Crippen molar-refractivity contribution in [2.45, 2.75) is 77.3 Å². The third kappa shape index (κ3) is 9.13. The van der Waals surface area contributed by atoms with Gasteiger partial charge >= 0.3 is 0 Å². The van der Waals surface area contributed by atoms with Gasteiger partial charge in [-0.25, -0.2) is 0 Å². The minimum atomic E-state index is -0.420. The first-order valence-corrected chi connectivity index (χ1v) is 16.8. The van der Waals surface area contributed by atoms with Crippen molar-refractivity contribution < 1.29 is 18.7 Å². The lowest BCUT2D eigenvalue weighted by atomic mass is 9.79. The summed E-state index contributed by atoms with van der Waals surface area (Å²) in [6.45, 7) is 5.53. The summed E-state index contributed by atoms with van der Waals surface area (Å²) in [7, 11) is 1.54. The van der Waals surface area contributed by atoms with Gasteiger partial charge in [-0.05, 0) is 93.7 Å². The van der Waals surface area contributed by atoms with E-state index in [2.05, 4.69) is 35.7 Å². The van der Waals surface area contributed by atoms with Crippen LogP contribution in [0.15, 0.2) is 93.7 Å². The number of fused-ring (bicyclic) bond motifs is 1. The van der Waals surface area contributed by atoms with Gasteiger partial charge in [0.05, 0.1) is 12.5 Å². The monoisotopic (exact) mass is 654 g/mol. The first kappa shape index (κ1) is 34.0. The van der Waals surface area contributed by atoms with Crippen molar-refractivity contribution >= 4 is 34.4 Å². The smallest absolute Gasteiger partial charge is 0.287 e. The molecule has 8 heteroatoms. The molecule has 2 amide bonds. The summed E-state index contributed by atoms with van der Waals surface area (Å²) in [6.07, 6.45) is 8.88. The lowest BCUT2D eigenvalue weighted by molar-refractivity contribution is -0.133. The van der Waals surface area contributed by atoms with E-state index in [4.69, 9.17) is 20.8 Å². The number of likely N-dealkylation sites (tertiary alicyclic amines) is 1. The van der Waals surface area contributed by atoms with E-state index in [1.54, 1.807) is 18.2 Å². The Morgan fingerprint density at radius 3 is 2.47 bits per heavy atom. The summed E-state index contributed by atoms with van der Waals surface area (Å²) in [5, 5.41) is 4.16. The molecule has 1 saturated carbocycles. The normalized spacial score (nSPS) is 17.0. The zero-order chi connectivity index (χ0) is 33.3. The Kier molecular flexibility index (Phi) is 11.5. The molecule has 0 spiro atoms. The van der Waals surface area contributed by atoms with E-state index in [-0.39, 0.29) is 23.1 Å². The lowest BCUT2D eigenvalue weighted by Gasteiger charge is -2.30. The van der Waals surface area contributed by atoms with Gasteiger partial charge in [-0.3, -0.25) is 14.4 Å². The highest BCUT2D eigenvalue weighted by atomic mass is 35.5. The van der Waals surface area contributed by atoms with Crippen molar-refractivity contribution in [2.75, 3.05) is 13.7 Å². The van der Waals surface area contributed by atoms with Gasteiger partial charge in [0.1, 0.15) is 11.3 Å². The molecular weight excluding hydrogens is 612 g/mol. The van der Waals surface area contributed by atoms with E-state index < -0.39 is 5.91 Å². The summed E-state index contributed by atoms with van der Waals surface area (Å²) in [4.78, 5) is 39.7. The Hall–Kier alpha value is -4.36. The summed E-state index contributed by atoms with van der Waals surface area (Å²) in [5.74, 6) is 0.852. The number of amides is 2. The maximum atomic E-state index is 12.9. The van der Waals surface area contributed by atoms with Crippen LogP contribution < -0.4 is 15.5 Å². The fourth-order valence-corrected chi connectivity index (χ4v) is 6.48. The number of hydrogen-bond donors (Lipinski definition) is 1. The Balaban J connectivity index is 0.000000474. The summed E-state index contributed by atoms with van der Waals surface area (Å²) < 4.78 is 10.9. The number of halogens is 1. The van der Waals surface area contributed by atoms with E-state index in [1.807, 2.05) is 43.0 Å². The molecule has 0 radical (unpaired) electrons. The average Bonchev–Trinajstić information content (AvgIpc) is 3.07. The Morgan fingerprint density at radius 2 is 1.77 bits per heavy atom. The van der Waals surface area contributed by atoms with Crippen LogP contribution in [-0.2, 0) is 11.3 Å². The molecular formula is C39H43ClN2O5. The molecule has 7 nitrogen and oxygen atoms in total. The van der Waals surface area contributed by atoms with E-state index in [1.165, 1.54) is 35.4 Å². The fourth-order valence-electron chi connectivity index (χ4n) is 6.36. The number of ether oxygens (including phenoxy) is 1. The molecule has 1 N–H and O–H groups in total. The standard InChI is InChI=1S/C32H36N2O5.C7H7Cl/c1-21(33-32(37)30-19-28(35)27-15-14-25(38-2)18-29(27)39-30)17-22-10-12-23(13-11-22)26-8-4-3-7-24(26)20-34-16-6-5-9-31(34)36;1-6-2-4-7(8)5-3-6/h3-4,7-8,14-15,17-19,21,23H,5-6,9-13,16,20H2,1-2H3,(H,33,37);2-5H,1H3. The van der Waals surface area contributed by atoms with Gasteiger partial charge < -0.3 is 19.4 Å². The maximum absolute atomic E-state index is 12.9. The van der Waals surface area contributed by atoms with Crippen molar-refractivity contribution in [3.8, 4) is 5.75 Å². The van der Waals surface area contributed by atoms with Crippen LogP contribution in [0.5, 0.6) is 5.75 Å². The first-order valence-electron chi connectivity index (χ1n) is 16.4. The van der Waals surface area contributed by atoms with Crippen molar-refractivity contribution in [1.29, 1.82) is 0 Å². The molecule has 47 heavy (non-hydrogen) atoms. The number of carbonyl (C=O) groups is 2. The van der Waals surface area contributed by atoms with Crippen molar-refractivity contribution in [3.05, 3.63) is 122 Å². The number of benzene rings is 3. The van der Waals surface area contributed by atoms with E-state index in [0.29, 0.717) is 35.6 Å². The second kappa shape index (κ2) is 16.0. The number of hydrogen-bond acceptors (Lipinski definition) is 5. The quantitative estimate of drug-likeness (QED) is 0.202. The molecule has 1 unspecified atom stereocenters. The average molecular weight is 655 g/mol. The number of nitrogens with zero attached hydrogens (tertiary/aromatic N) is 1. The lowest BCUT2D eigenvalue weighted by Crippen LogP contribution is -2.35. The predicted molar refractivity (Wildman–Crippen MR) is 187 cm³/mol. The SMILES string of the molecule is COc1ccc2c(=O)cc(C(=O)NC(C)C=C3CCC(c4ccccc4CN4CCCCC4=O)CC3)oc2c1.Cc1ccc(Cl)cc1. The van der Waals surface area contributed by atoms with Gasteiger partial charge in [-0.15, -0.1) is 0 Å². The number of piperidine rings is 1. The van der Waals surface area contributed by atoms with Crippen LogP contribution in [0.3, 0.4) is 0 Å². The largest absolute Gasteiger partial charge is 0.497 e. The van der Waals surface area contributed by atoms with Gasteiger partial charge in [0.2, 0.25) is 5.91 Å². The Morgan fingerprint density at radius 1 is 1.02 bits per heavy atom. The molecule has 4 aromatic rings. The maximum Gasteiger partial charge on any atom is 0.287 e. The second-order valence-corrected chi connectivity index (χ2v) is 12.9. The van der Waals surface area contributed by atoms with E-state index in [0.717, 1.165) is 50.1 Å². The molecule has 6 rings (SSSR count). The van der Waals surface area contributed by atoms with Crippen LogP contribution >= 0.6 is 11.6 Å². The van der Waals surface area contributed by atoms with E-state index in [9.17, 15) is 14.4 Å². The number of methoxy groups -OCH3 is 1. The zero-order valence-electron chi connectivity index (χ0n) is 27.4. The predicted octanol–water partition coefficient (Wildman–Crippen LogP) is 8.37. The third-order valence-corrected chi connectivity index (χ3v) is 9.17. The summed E-state index contributed by atoms with van der Waals surface area (Å²) >= 11 is 5.61. The molecule has 1 aromatic heterocycles. The fraction of sp³-hybridized carbons (Fsp3) is 0.359. The second-order valence-electron chi connectivity index (χ2n) is 12.5. The van der Waals surface area contributed by atoms with Crippen LogP contribution in [-0.4, -0.2) is 36.4 Å². The van der Waals surface area contributed by atoms with Gasteiger partial charge in [0, 0.05) is 42.7 Å². The minimum absolute atomic E-state index is 0.0153. The molecule has 1 atom stereocenters. The zero-order valence-corrected chi connectivity index (χ0v) is 28.1. The van der Waals surface area contributed by atoms with Crippen LogP contribution in [0.2, 0.25) is 5.02 Å². The number of nitrogens with one attached hydrogen (secondary N) is 1. The summed E-state index contributed by atoms with van der Waals surface area (Å²) in [5.41, 5.74) is 5.25. The van der Waals surface area contributed by atoms with Crippen LogP contribution in [0, 0.1) is 6.92 Å².